The van der Waals surface area contributed by atoms with E-state index in [0.717, 1.165) is 6.54 Å². The third-order valence-corrected chi connectivity index (χ3v) is 2.38. The minimum atomic E-state index is 0.315. The summed E-state index contributed by atoms with van der Waals surface area (Å²) in [6.07, 6.45) is 7.26. The van der Waals surface area contributed by atoms with Gasteiger partial charge in [0.15, 0.2) is 0 Å². The Kier molecular flexibility index (Phi) is 2.30. The van der Waals surface area contributed by atoms with Crippen LogP contribution in [0.1, 0.15) is 20.8 Å². The Labute approximate surface area is 75.5 Å². The van der Waals surface area contributed by atoms with Crippen LogP contribution in [0.5, 0.6) is 0 Å². The molecule has 0 N–H and O–H groups in total. The molecule has 1 aliphatic rings. The maximum Gasteiger partial charge on any atom is 0.0608 e. The van der Waals surface area contributed by atoms with E-state index in [4.69, 9.17) is 6.42 Å². The molecular formula is C11H17N. The van der Waals surface area contributed by atoms with Crippen LogP contribution in [0.2, 0.25) is 0 Å². The first kappa shape index (κ1) is 9.35. The average molecular weight is 163 g/mol. The molecule has 1 heteroatoms. The Hall–Kier alpha value is -0.740. The van der Waals surface area contributed by atoms with Crippen LogP contribution in [0.15, 0.2) is 12.7 Å². The molecule has 0 bridgehead atoms. The first-order valence-corrected chi connectivity index (χ1v) is 4.34. The summed E-state index contributed by atoms with van der Waals surface area (Å²) in [5.41, 5.74) is 0.315. The summed E-state index contributed by atoms with van der Waals surface area (Å²) in [5.74, 6) is 2.67. The lowest BCUT2D eigenvalue weighted by Gasteiger charge is -2.17. The number of rotatable bonds is 2. The number of hydrogen-bond donors (Lipinski definition) is 0. The van der Waals surface area contributed by atoms with Crippen molar-refractivity contribution in [2.75, 3.05) is 6.54 Å². The SMILES string of the molecule is C#CCN1[C@H](C(C)(C)C)[C@@H]1C=C. The normalized spacial score (nSPS) is 34.0. The summed E-state index contributed by atoms with van der Waals surface area (Å²) in [4.78, 5) is 2.30. The van der Waals surface area contributed by atoms with Crippen LogP contribution >= 0.6 is 0 Å². The lowest BCUT2D eigenvalue weighted by molar-refractivity contribution is 0.341. The van der Waals surface area contributed by atoms with Crippen LogP contribution in [0, 0.1) is 17.8 Å². The molecule has 1 aliphatic heterocycles. The highest BCUT2D eigenvalue weighted by Gasteiger charge is 2.51. The Morgan fingerprint density at radius 3 is 2.42 bits per heavy atom. The van der Waals surface area contributed by atoms with Gasteiger partial charge in [0.2, 0.25) is 0 Å². The molecule has 1 saturated heterocycles. The highest BCUT2D eigenvalue weighted by atomic mass is 15.4. The van der Waals surface area contributed by atoms with E-state index in [1.54, 1.807) is 0 Å². The Morgan fingerprint density at radius 1 is 1.58 bits per heavy atom. The summed E-state index contributed by atoms with van der Waals surface area (Å²) in [6, 6.07) is 1.09. The molecule has 12 heavy (non-hydrogen) atoms. The Morgan fingerprint density at radius 2 is 2.17 bits per heavy atom. The fourth-order valence-corrected chi connectivity index (χ4v) is 1.88. The van der Waals surface area contributed by atoms with Gasteiger partial charge in [-0.1, -0.05) is 32.8 Å². The number of nitrogens with zero attached hydrogens (tertiary/aromatic N) is 1. The van der Waals surface area contributed by atoms with Crippen molar-refractivity contribution in [1.29, 1.82) is 0 Å². The van der Waals surface area contributed by atoms with Gasteiger partial charge in [-0.05, 0) is 5.41 Å². The smallest absolute Gasteiger partial charge is 0.0608 e. The average Bonchev–Trinajstić information content (AvgIpc) is 2.61. The van der Waals surface area contributed by atoms with Gasteiger partial charge in [0.05, 0.1) is 6.54 Å². The van der Waals surface area contributed by atoms with E-state index in [-0.39, 0.29) is 0 Å². The van der Waals surface area contributed by atoms with Crippen molar-refractivity contribution in [2.24, 2.45) is 5.41 Å². The monoisotopic (exact) mass is 163 g/mol. The standard InChI is InChI=1S/C11H17N/c1-6-8-12-9(7-2)10(12)11(3,4)5/h1,7,9-10H,2,8H2,3-5H3/t9-,10-,12?/m0/s1. The zero-order valence-electron chi connectivity index (χ0n) is 8.17. The molecule has 0 aliphatic carbocycles. The summed E-state index contributed by atoms with van der Waals surface area (Å²) in [7, 11) is 0. The van der Waals surface area contributed by atoms with Crippen molar-refractivity contribution in [3.8, 4) is 12.3 Å². The molecule has 0 amide bonds. The van der Waals surface area contributed by atoms with E-state index < -0.39 is 0 Å². The predicted molar refractivity (Wildman–Crippen MR) is 52.8 cm³/mol. The van der Waals surface area contributed by atoms with Crippen molar-refractivity contribution >= 4 is 0 Å². The van der Waals surface area contributed by atoms with E-state index in [9.17, 15) is 0 Å². The fourth-order valence-electron chi connectivity index (χ4n) is 1.88. The molecule has 1 rings (SSSR count). The topological polar surface area (TPSA) is 3.01 Å². The van der Waals surface area contributed by atoms with Crippen LogP contribution in [0.3, 0.4) is 0 Å². The maximum absolute atomic E-state index is 5.27. The molecule has 0 saturated carbocycles. The fraction of sp³-hybridized carbons (Fsp3) is 0.636. The molecule has 0 aromatic rings. The van der Waals surface area contributed by atoms with Crippen molar-refractivity contribution in [3.05, 3.63) is 12.7 Å². The van der Waals surface area contributed by atoms with Gasteiger partial charge in [-0.25, -0.2) is 0 Å². The van der Waals surface area contributed by atoms with Gasteiger partial charge in [-0.3, -0.25) is 4.90 Å². The van der Waals surface area contributed by atoms with Gasteiger partial charge in [-0.15, -0.1) is 13.0 Å². The van der Waals surface area contributed by atoms with E-state index in [2.05, 4.69) is 38.2 Å². The van der Waals surface area contributed by atoms with Crippen LogP contribution < -0.4 is 0 Å². The highest BCUT2D eigenvalue weighted by Crippen LogP contribution is 2.41. The number of hydrogen-bond acceptors (Lipinski definition) is 1. The highest BCUT2D eigenvalue weighted by molar-refractivity contribution is 5.18. The van der Waals surface area contributed by atoms with Gasteiger partial charge in [0.25, 0.3) is 0 Å². The van der Waals surface area contributed by atoms with Crippen LogP contribution in [0.4, 0.5) is 0 Å². The molecule has 1 fully saturated rings. The zero-order chi connectivity index (χ0) is 9.35. The first-order chi connectivity index (χ1) is 5.52. The molecule has 0 spiro atoms. The van der Waals surface area contributed by atoms with Crippen molar-refractivity contribution in [1.82, 2.24) is 4.90 Å². The quantitative estimate of drug-likeness (QED) is 0.341. The second kappa shape index (κ2) is 2.95. The van der Waals surface area contributed by atoms with Gasteiger partial charge < -0.3 is 0 Å². The van der Waals surface area contributed by atoms with Crippen LogP contribution in [0.25, 0.3) is 0 Å². The lowest BCUT2D eigenvalue weighted by Crippen LogP contribution is -2.19. The third kappa shape index (κ3) is 1.54. The lowest BCUT2D eigenvalue weighted by atomic mass is 9.90. The molecule has 1 heterocycles. The second-order valence-corrected chi connectivity index (χ2v) is 4.41. The van der Waals surface area contributed by atoms with Crippen molar-refractivity contribution < 1.29 is 0 Å². The Balaban J connectivity index is 2.60. The minimum absolute atomic E-state index is 0.315. The summed E-state index contributed by atoms with van der Waals surface area (Å²) < 4.78 is 0. The van der Waals surface area contributed by atoms with E-state index in [1.807, 2.05) is 6.08 Å². The molecule has 0 radical (unpaired) electrons. The van der Waals surface area contributed by atoms with E-state index in [1.165, 1.54) is 0 Å². The third-order valence-electron chi connectivity index (χ3n) is 2.38. The molecule has 3 atom stereocenters. The summed E-state index contributed by atoms with van der Waals surface area (Å²) in [6.45, 7) is 11.3. The second-order valence-electron chi connectivity index (χ2n) is 4.41. The predicted octanol–water partition coefficient (Wildman–Crippen LogP) is 1.90. The summed E-state index contributed by atoms with van der Waals surface area (Å²) in [5, 5.41) is 0. The van der Waals surface area contributed by atoms with Crippen LogP contribution in [-0.4, -0.2) is 23.5 Å². The van der Waals surface area contributed by atoms with Gasteiger partial charge in [0, 0.05) is 12.1 Å². The van der Waals surface area contributed by atoms with E-state index >= 15 is 0 Å². The zero-order valence-corrected chi connectivity index (χ0v) is 8.17. The molecule has 66 valence electrons. The largest absolute Gasteiger partial charge is 0.279 e. The first-order valence-electron chi connectivity index (χ1n) is 4.34. The van der Waals surface area contributed by atoms with Gasteiger partial charge in [-0.2, -0.15) is 0 Å². The molecule has 0 aromatic carbocycles. The molecule has 0 aromatic heterocycles. The molecular weight excluding hydrogens is 146 g/mol. The molecule has 1 unspecified atom stereocenters. The van der Waals surface area contributed by atoms with Gasteiger partial charge >= 0.3 is 0 Å². The number of terminal acetylenes is 1. The van der Waals surface area contributed by atoms with E-state index in [0.29, 0.717) is 17.5 Å². The summed E-state index contributed by atoms with van der Waals surface area (Å²) >= 11 is 0. The maximum atomic E-state index is 5.27. The Bertz CT molecular complexity index is 216. The van der Waals surface area contributed by atoms with Crippen molar-refractivity contribution in [2.45, 2.75) is 32.9 Å². The van der Waals surface area contributed by atoms with Gasteiger partial charge in [0.1, 0.15) is 0 Å². The minimum Gasteiger partial charge on any atom is -0.279 e. The van der Waals surface area contributed by atoms with Crippen molar-refractivity contribution in [3.63, 3.8) is 0 Å². The molecule has 1 nitrogen and oxygen atoms in total. The van der Waals surface area contributed by atoms with Crippen LogP contribution in [-0.2, 0) is 0 Å².